The van der Waals surface area contributed by atoms with Crippen LogP contribution in [0.3, 0.4) is 0 Å². The molecule has 0 aliphatic carbocycles. The third-order valence-corrected chi connectivity index (χ3v) is 3.57. The van der Waals surface area contributed by atoms with E-state index in [9.17, 15) is 0 Å². The second kappa shape index (κ2) is 7.33. The van der Waals surface area contributed by atoms with Gasteiger partial charge in [-0.1, -0.05) is 60.6 Å². The molecule has 2 aromatic carbocycles. The highest BCUT2D eigenvalue weighted by Crippen LogP contribution is 2.20. The largest absolute Gasteiger partial charge is 0.409 e. The zero-order valence-electron chi connectivity index (χ0n) is 12.2. The van der Waals surface area contributed by atoms with Crippen molar-refractivity contribution in [1.29, 1.82) is 0 Å². The van der Waals surface area contributed by atoms with Crippen molar-refractivity contribution in [3.63, 3.8) is 0 Å². The van der Waals surface area contributed by atoms with Gasteiger partial charge < -0.3 is 16.3 Å². The molecular weight excluding hydrogens is 262 g/mol. The molecule has 0 aliphatic rings. The van der Waals surface area contributed by atoms with Crippen LogP contribution in [0.2, 0.25) is 0 Å². The number of amidine groups is 1. The van der Waals surface area contributed by atoms with E-state index in [2.05, 4.69) is 23.5 Å². The van der Waals surface area contributed by atoms with Crippen LogP contribution >= 0.6 is 0 Å². The molecule has 1 unspecified atom stereocenters. The SMILES string of the molecule is CCc1ccccc1NCC(C(N)=NO)c1ccccc1. The normalized spacial score (nSPS) is 12.9. The van der Waals surface area contributed by atoms with Crippen molar-refractivity contribution < 1.29 is 5.21 Å². The molecule has 0 spiro atoms. The molecule has 0 aromatic heterocycles. The molecule has 2 aromatic rings. The van der Waals surface area contributed by atoms with Gasteiger partial charge in [-0.3, -0.25) is 0 Å². The van der Waals surface area contributed by atoms with E-state index in [0.717, 1.165) is 17.7 Å². The Bertz CT molecular complexity index is 596. The Morgan fingerprint density at radius 2 is 1.81 bits per heavy atom. The highest BCUT2D eigenvalue weighted by molar-refractivity contribution is 5.87. The molecule has 0 aliphatic heterocycles. The third kappa shape index (κ3) is 3.75. The minimum absolute atomic E-state index is 0.166. The summed E-state index contributed by atoms with van der Waals surface area (Å²) in [7, 11) is 0. The molecule has 0 amide bonds. The fraction of sp³-hybridized carbons (Fsp3) is 0.235. The van der Waals surface area contributed by atoms with Crippen LogP contribution in [0.15, 0.2) is 59.8 Å². The molecule has 1 atom stereocenters. The molecule has 110 valence electrons. The van der Waals surface area contributed by atoms with Crippen molar-refractivity contribution in [2.24, 2.45) is 10.9 Å². The Kier molecular flexibility index (Phi) is 5.21. The van der Waals surface area contributed by atoms with Crippen LogP contribution in [-0.2, 0) is 6.42 Å². The van der Waals surface area contributed by atoms with E-state index >= 15 is 0 Å². The zero-order chi connectivity index (χ0) is 15.1. The summed E-state index contributed by atoms with van der Waals surface area (Å²) >= 11 is 0. The number of benzene rings is 2. The number of oxime groups is 1. The summed E-state index contributed by atoms with van der Waals surface area (Å²) in [6.45, 7) is 2.70. The number of para-hydroxylation sites is 1. The number of rotatable bonds is 6. The average Bonchev–Trinajstić information content (AvgIpc) is 2.56. The molecular formula is C17H21N3O. The van der Waals surface area contributed by atoms with Crippen LogP contribution in [0.5, 0.6) is 0 Å². The van der Waals surface area contributed by atoms with E-state index in [1.807, 2.05) is 48.5 Å². The van der Waals surface area contributed by atoms with E-state index in [1.54, 1.807) is 0 Å². The summed E-state index contributed by atoms with van der Waals surface area (Å²) < 4.78 is 0. The number of nitrogens with zero attached hydrogens (tertiary/aromatic N) is 1. The van der Waals surface area contributed by atoms with Crippen LogP contribution < -0.4 is 11.1 Å². The van der Waals surface area contributed by atoms with Gasteiger partial charge in [-0.05, 0) is 23.6 Å². The van der Waals surface area contributed by atoms with Crippen molar-refractivity contribution >= 4 is 11.5 Å². The Morgan fingerprint density at radius 1 is 1.14 bits per heavy atom. The van der Waals surface area contributed by atoms with Crippen LogP contribution in [0.25, 0.3) is 0 Å². The third-order valence-electron chi connectivity index (χ3n) is 3.57. The maximum atomic E-state index is 9.00. The Hall–Kier alpha value is -2.49. The highest BCUT2D eigenvalue weighted by Gasteiger charge is 2.16. The van der Waals surface area contributed by atoms with Gasteiger partial charge in [0.2, 0.25) is 0 Å². The molecule has 0 saturated heterocycles. The molecule has 0 saturated carbocycles. The van der Waals surface area contributed by atoms with E-state index in [0.29, 0.717) is 6.54 Å². The van der Waals surface area contributed by atoms with Crippen molar-refractivity contribution in [3.05, 3.63) is 65.7 Å². The highest BCUT2D eigenvalue weighted by atomic mass is 16.4. The molecule has 21 heavy (non-hydrogen) atoms. The minimum Gasteiger partial charge on any atom is -0.409 e. The summed E-state index contributed by atoms with van der Waals surface area (Å²) in [6.07, 6.45) is 0.961. The number of nitrogens with one attached hydrogen (secondary N) is 1. The summed E-state index contributed by atoms with van der Waals surface area (Å²) in [6, 6.07) is 18.0. The fourth-order valence-electron chi connectivity index (χ4n) is 2.36. The summed E-state index contributed by atoms with van der Waals surface area (Å²) in [5, 5.41) is 15.6. The number of hydrogen-bond acceptors (Lipinski definition) is 3. The van der Waals surface area contributed by atoms with E-state index in [-0.39, 0.29) is 11.8 Å². The molecule has 4 nitrogen and oxygen atoms in total. The predicted molar refractivity (Wildman–Crippen MR) is 86.9 cm³/mol. The Labute approximate surface area is 125 Å². The van der Waals surface area contributed by atoms with Crippen LogP contribution in [0.4, 0.5) is 5.69 Å². The number of nitrogens with two attached hydrogens (primary N) is 1. The lowest BCUT2D eigenvalue weighted by atomic mass is 9.97. The Morgan fingerprint density at radius 3 is 2.48 bits per heavy atom. The molecule has 0 bridgehead atoms. The standard InChI is InChI=1S/C17H21N3O/c1-2-13-8-6-7-11-16(13)19-12-15(17(18)20-21)14-9-4-3-5-10-14/h3-11,15,19,21H,2,12H2,1H3,(H2,18,20). The first-order chi connectivity index (χ1) is 10.3. The molecule has 4 heteroatoms. The van der Waals surface area contributed by atoms with Gasteiger partial charge >= 0.3 is 0 Å². The summed E-state index contributed by atoms with van der Waals surface area (Å²) in [5.41, 5.74) is 9.21. The molecule has 0 fully saturated rings. The van der Waals surface area contributed by atoms with Crippen LogP contribution in [0.1, 0.15) is 24.0 Å². The van der Waals surface area contributed by atoms with Gasteiger partial charge in [0, 0.05) is 12.2 Å². The van der Waals surface area contributed by atoms with Gasteiger partial charge in [0.1, 0.15) is 5.84 Å². The maximum absolute atomic E-state index is 9.00. The van der Waals surface area contributed by atoms with Gasteiger partial charge in [-0.25, -0.2) is 0 Å². The van der Waals surface area contributed by atoms with Gasteiger partial charge in [-0.2, -0.15) is 0 Å². The molecule has 0 heterocycles. The smallest absolute Gasteiger partial charge is 0.148 e. The number of aryl methyl sites for hydroxylation is 1. The maximum Gasteiger partial charge on any atom is 0.148 e. The zero-order valence-corrected chi connectivity index (χ0v) is 12.2. The lowest BCUT2D eigenvalue weighted by molar-refractivity contribution is 0.316. The number of anilines is 1. The predicted octanol–water partition coefficient (Wildman–Crippen LogP) is 3.19. The van der Waals surface area contributed by atoms with Gasteiger partial charge in [-0.15, -0.1) is 0 Å². The molecule has 2 rings (SSSR count). The van der Waals surface area contributed by atoms with Crippen molar-refractivity contribution in [2.45, 2.75) is 19.3 Å². The van der Waals surface area contributed by atoms with E-state index in [4.69, 9.17) is 10.9 Å². The summed E-state index contributed by atoms with van der Waals surface area (Å²) in [4.78, 5) is 0. The second-order valence-corrected chi connectivity index (χ2v) is 4.88. The van der Waals surface area contributed by atoms with Crippen molar-refractivity contribution in [2.75, 3.05) is 11.9 Å². The van der Waals surface area contributed by atoms with Gasteiger partial charge in [0.25, 0.3) is 0 Å². The first-order valence-corrected chi connectivity index (χ1v) is 7.10. The minimum atomic E-state index is -0.166. The molecule has 4 N–H and O–H groups in total. The molecule has 0 radical (unpaired) electrons. The van der Waals surface area contributed by atoms with E-state index < -0.39 is 0 Å². The summed E-state index contributed by atoms with van der Waals surface area (Å²) in [5.74, 6) is 0.0452. The average molecular weight is 283 g/mol. The first kappa shape index (κ1) is 14.9. The van der Waals surface area contributed by atoms with Crippen molar-refractivity contribution in [1.82, 2.24) is 0 Å². The van der Waals surface area contributed by atoms with Gasteiger partial charge in [0.05, 0.1) is 5.92 Å². The van der Waals surface area contributed by atoms with E-state index in [1.165, 1.54) is 5.56 Å². The van der Waals surface area contributed by atoms with Gasteiger partial charge in [0.15, 0.2) is 0 Å². The Balaban J connectivity index is 2.17. The van der Waals surface area contributed by atoms with Crippen LogP contribution in [-0.4, -0.2) is 17.6 Å². The lowest BCUT2D eigenvalue weighted by Crippen LogP contribution is -2.28. The monoisotopic (exact) mass is 283 g/mol. The second-order valence-electron chi connectivity index (χ2n) is 4.88. The fourth-order valence-corrected chi connectivity index (χ4v) is 2.36. The lowest BCUT2D eigenvalue weighted by Gasteiger charge is -2.18. The van der Waals surface area contributed by atoms with Crippen molar-refractivity contribution in [3.8, 4) is 0 Å². The van der Waals surface area contributed by atoms with Crippen LogP contribution in [0, 0.1) is 0 Å². The number of hydrogen-bond donors (Lipinski definition) is 3. The topological polar surface area (TPSA) is 70.6 Å². The quantitative estimate of drug-likeness (QED) is 0.330. The first-order valence-electron chi connectivity index (χ1n) is 7.10.